The van der Waals surface area contributed by atoms with Gasteiger partial charge in [-0.1, -0.05) is 30.1 Å². The Bertz CT molecular complexity index is 716. The van der Waals surface area contributed by atoms with Gasteiger partial charge in [-0.2, -0.15) is 5.10 Å². The molecule has 3 unspecified atom stereocenters. The van der Waals surface area contributed by atoms with Crippen LogP contribution in [0.1, 0.15) is 20.1 Å². The topological polar surface area (TPSA) is 66.2 Å². The third kappa shape index (κ3) is 5.02. The molecule has 136 valence electrons. The summed E-state index contributed by atoms with van der Waals surface area (Å²) >= 11 is 11.9. The molecule has 1 aromatic heterocycles. The smallest absolute Gasteiger partial charge is 0.303 e. The van der Waals surface area contributed by atoms with Crippen LogP contribution >= 0.6 is 23.2 Å². The molecule has 0 N–H and O–H groups in total. The quantitative estimate of drug-likeness (QED) is 0.665. The molecule has 10 heteroatoms. The van der Waals surface area contributed by atoms with E-state index < -0.39 is 30.6 Å². The minimum Gasteiger partial charge on any atom is -0.463 e. The SMILES string of the molecule is CC(=O)OC(C(C)C(F)F)C(Oc1ccc(Cl)cc1Cl)n1cncn1. The van der Waals surface area contributed by atoms with E-state index >= 15 is 0 Å². The fraction of sp³-hybridized carbons (Fsp3) is 0.400. The molecule has 0 radical (unpaired) electrons. The summed E-state index contributed by atoms with van der Waals surface area (Å²) in [5, 5.41) is 4.46. The molecule has 0 aliphatic heterocycles. The molecule has 0 aliphatic rings. The normalized spacial score (nSPS) is 14.8. The van der Waals surface area contributed by atoms with Crippen LogP contribution in [-0.4, -0.2) is 33.3 Å². The lowest BCUT2D eigenvalue weighted by Crippen LogP contribution is -2.40. The zero-order valence-electron chi connectivity index (χ0n) is 13.3. The first-order valence-corrected chi connectivity index (χ1v) is 7.96. The first-order valence-electron chi connectivity index (χ1n) is 7.20. The first-order chi connectivity index (χ1) is 11.8. The average molecular weight is 394 g/mol. The molecule has 0 aliphatic carbocycles. The van der Waals surface area contributed by atoms with Crippen molar-refractivity contribution in [3.8, 4) is 5.75 Å². The van der Waals surface area contributed by atoms with Crippen LogP contribution in [0.2, 0.25) is 10.0 Å². The number of hydrogen-bond donors (Lipinski definition) is 0. The number of esters is 1. The summed E-state index contributed by atoms with van der Waals surface area (Å²) in [6.07, 6.45) is -2.80. The van der Waals surface area contributed by atoms with Gasteiger partial charge in [-0.05, 0) is 18.2 Å². The van der Waals surface area contributed by atoms with Gasteiger partial charge in [0.1, 0.15) is 18.4 Å². The molecule has 2 rings (SSSR count). The van der Waals surface area contributed by atoms with Crippen molar-refractivity contribution in [2.24, 2.45) is 5.92 Å². The Hall–Kier alpha value is -1.93. The van der Waals surface area contributed by atoms with Crippen molar-refractivity contribution in [3.63, 3.8) is 0 Å². The van der Waals surface area contributed by atoms with Gasteiger partial charge >= 0.3 is 5.97 Å². The van der Waals surface area contributed by atoms with Crippen molar-refractivity contribution in [3.05, 3.63) is 40.9 Å². The van der Waals surface area contributed by atoms with E-state index in [4.69, 9.17) is 32.7 Å². The van der Waals surface area contributed by atoms with Gasteiger partial charge in [0.15, 0.2) is 6.10 Å². The number of carbonyl (C=O) groups is 1. The molecular weight excluding hydrogens is 379 g/mol. The van der Waals surface area contributed by atoms with E-state index in [9.17, 15) is 13.6 Å². The molecule has 0 saturated carbocycles. The minimum absolute atomic E-state index is 0.170. The average Bonchev–Trinajstić information content (AvgIpc) is 3.05. The third-order valence-corrected chi connectivity index (χ3v) is 3.87. The number of halogens is 4. The number of nitrogens with zero attached hydrogens (tertiary/aromatic N) is 3. The van der Waals surface area contributed by atoms with Crippen LogP contribution in [0.5, 0.6) is 5.75 Å². The van der Waals surface area contributed by atoms with E-state index in [1.165, 1.54) is 42.5 Å². The molecule has 25 heavy (non-hydrogen) atoms. The highest BCUT2D eigenvalue weighted by molar-refractivity contribution is 6.35. The molecule has 0 spiro atoms. The van der Waals surface area contributed by atoms with Crippen LogP contribution in [0.25, 0.3) is 0 Å². The van der Waals surface area contributed by atoms with Gasteiger partial charge in [0.2, 0.25) is 12.7 Å². The highest BCUT2D eigenvalue weighted by Crippen LogP contribution is 2.33. The monoisotopic (exact) mass is 393 g/mol. The van der Waals surface area contributed by atoms with Gasteiger partial charge in [-0.15, -0.1) is 0 Å². The zero-order chi connectivity index (χ0) is 18.6. The second kappa shape index (κ2) is 8.44. The Kier molecular flexibility index (Phi) is 6.55. The molecule has 0 amide bonds. The van der Waals surface area contributed by atoms with Crippen molar-refractivity contribution in [1.82, 2.24) is 14.8 Å². The van der Waals surface area contributed by atoms with Gasteiger partial charge in [0, 0.05) is 11.9 Å². The van der Waals surface area contributed by atoms with Gasteiger partial charge in [0.05, 0.1) is 10.9 Å². The summed E-state index contributed by atoms with van der Waals surface area (Å²) in [6.45, 7) is 2.37. The van der Waals surface area contributed by atoms with Crippen LogP contribution in [0, 0.1) is 5.92 Å². The zero-order valence-corrected chi connectivity index (χ0v) is 14.8. The number of rotatable bonds is 7. The lowest BCUT2D eigenvalue weighted by molar-refractivity contribution is -0.166. The molecule has 0 saturated heterocycles. The van der Waals surface area contributed by atoms with E-state index in [2.05, 4.69) is 10.1 Å². The predicted molar refractivity (Wildman–Crippen MR) is 86.9 cm³/mol. The largest absolute Gasteiger partial charge is 0.463 e. The Labute approximate surface area is 152 Å². The van der Waals surface area contributed by atoms with Crippen molar-refractivity contribution in [1.29, 1.82) is 0 Å². The number of carbonyl (C=O) groups excluding carboxylic acids is 1. The minimum atomic E-state index is -2.75. The number of alkyl halides is 2. The predicted octanol–water partition coefficient (Wildman–Crippen LogP) is 4.00. The Morgan fingerprint density at radius 3 is 2.56 bits per heavy atom. The Morgan fingerprint density at radius 1 is 1.32 bits per heavy atom. The second-order valence-electron chi connectivity index (χ2n) is 5.23. The summed E-state index contributed by atoms with van der Waals surface area (Å²) in [6, 6.07) is 4.44. The molecule has 1 aromatic carbocycles. The lowest BCUT2D eigenvalue weighted by atomic mass is 10.0. The Balaban J connectivity index is 2.41. The van der Waals surface area contributed by atoms with Gasteiger partial charge in [-0.25, -0.2) is 18.4 Å². The molecule has 0 bridgehead atoms. The highest BCUT2D eigenvalue weighted by Gasteiger charge is 2.38. The number of benzene rings is 1. The van der Waals surface area contributed by atoms with E-state index in [0.29, 0.717) is 5.02 Å². The molecule has 0 fully saturated rings. The maximum absolute atomic E-state index is 13.3. The standard InChI is InChI=1S/C15H15Cl2F2N3O3/c1-8(14(18)19)13(24-9(2)23)15(22-7-20-6-21-22)25-12-4-3-10(16)5-11(12)17/h3-8,13-15H,1-2H3. The van der Waals surface area contributed by atoms with E-state index in [1.807, 2.05) is 0 Å². The van der Waals surface area contributed by atoms with Crippen molar-refractivity contribution >= 4 is 29.2 Å². The van der Waals surface area contributed by atoms with Crippen molar-refractivity contribution in [2.75, 3.05) is 0 Å². The second-order valence-corrected chi connectivity index (χ2v) is 6.07. The molecule has 3 atom stereocenters. The maximum Gasteiger partial charge on any atom is 0.303 e. The number of aromatic nitrogens is 3. The van der Waals surface area contributed by atoms with Crippen LogP contribution < -0.4 is 4.74 Å². The Morgan fingerprint density at radius 2 is 2.04 bits per heavy atom. The number of ether oxygens (including phenoxy) is 2. The number of hydrogen-bond acceptors (Lipinski definition) is 5. The fourth-order valence-electron chi connectivity index (χ4n) is 2.08. The van der Waals surface area contributed by atoms with Crippen LogP contribution in [0.3, 0.4) is 0 Å². The summed E-state index contributed by atoms with van der Waals surface area (Å²) in [5.41, 5.74) is 0. The van der Waals surface area contributed by atoms with Crippen LogP contribution in [0.15, 0.2) is 30.9 Å². The molecule has 6 nitrogen and oxygen atoms in total. The van der Waals surface area contributed by atoms with Crippen molar-refractivity contribution in [2.45, 2.75) is 32.6 Å². The lowest BCUT2D eigenvalue weighted by Gasteiger charge is -2.31. The summed E-state index contributed by atoms with van der Waals surface area (Å²) in [7, 11) is 0. The van der Waals surface area contributed by atoms with Crippen LogP contribution in [0.4, 0.5) is 8.78 Å². The van der Waals surface area contributed by atoms with E-state index in [0.717, 1.165) is 6.92 Å². The van der Waals surface area contributed by atoms with Crippen molar-refractivity contribution < 1.29 is 23.0 Å². The van der Waals surface area contributed by atoms with E-state index in [1.54, 1.807) is 0 Å². The fourth-order valence-corrected chi connectivity index (χ4v) is 2.53. The summed E-state index contributed by atoms with van der Waals surface area (Å²) in [4.78, 5) is 15.2. The van der Waals surface area contributed by atoms with E-state index in [-0.39, 0.29) is 10.8 Å². The third-order valence-electron chi connectivity index (χ3n) is 3.34. The summed E-state index contributed by atoms with van der Waals surface area (Å²) < 4.78 is 38.5. The molecule has 2 aromatic rings. The molecule has 1 heterocycles. The van der Waals surface area contributed by atoms with Gasteiger partial charge in [0.25, 0.3) is 0 Å². The first kappa shape index (κ1) is 19.4. The van der Waals surface area contributed by atoms with Gasteiger partial charge in [-0.3, -0.25) is 4.79 Å². The molecular formula is C15H15Cl2F2N3O3. The maximum atomic E-state index is 13.3. The highest BCUT2D eigenvalue weighted by atomic mass is 35.5. The van der Waals surface area contributed by atoms with Gasteiger partial charge < -0.3 is 9.47 Å². The summed E-state index contributed by atoms with van der Waals surface area (Å²) in [5.74, 6) is -1.89. The van der Waals surface area contributed by atoms with Crippen LogP contribution in [-0.2, 0) is 9.53 Å².